The van der Waals surface area contributed by atoms with Crippen LogP contribution >= 0.6 is 0 Å². The summed E-state index contributed by atoms with van der Waals surface area (Å²) in [6.45, 7) is 2.02. The summed E-state index contributed by atoms with van der Waals surface area (Å²) in [5.41, 5.74) is 0. The number of aliphatic hydroxyl groups excluding tert-OH is 1. The molecule has 0 amide bonds. The van der Waals surface area contributed by atoms with Crippen LogP contribution in [0.25, 0.3) is 0 Å². The molecule has 1 aliphatic heterocycles. The van der Waals surface area contributed by atoms with Gasteiger partial charge in [-0.1, -0.05) is 19.3 Å². The molecule has 1 aliphatic carbocycles. The fourth-order valence-electron chi connectivity index (χ4n) is 2.91. The number of hydrogen-bond donors (Lipinski definition) is 1. The molecule has 1 saturated heterocycles. The number of aliphatic hydroxyl groups is 1. The summed E-state index contributed by atoms with van der Waals surface area (Å²) in [6, 6.07) is 0. The third-order valence-corrected chi connectivity index (χ3v) is 4.06. The van der Waals surface area contributed by atoms with Crippen LogP contribution in [-0.2, 0) is 9.47 Å². The van der Waals surface area contributed by atoms with E-state index < -0.39 is 0 Å². The minimum atomic E-state index is -0.265. The van der Waals surface area contributed by atoms with Crippen LogP contribution in [0.5, 0.6) is 0 Å². The highest BCUT2D eigenvalue weighted by atomic mass is 16.5. The molecule has 2 fully saturated rings. The molecule has 3 heteroatoms. The summed E-state index contributed by atoms with van der Waals surface area (Å²) >= 11 is 0. The normalized spacial score (nSPS) is 29.1. The average Bonchev–Trinajstić information content (AvgIpc) is 2.41. The molecule has 0 aromatic carbocycles. The highest BCUT2D eigenvalue weighted by Crippen LogP contribution is 2.26. The Balaban J connectivity index is 1.57. The average molecular weight is 242 g/mol. The van der Waals surface area contributed by atoms with Crippen molar-refractivity contribution in [3.8, 4) is 0 Å². The zero-order chi connectivity index (χ0) is 11.9. The maximum atomic E-state index is 10.0. The Morgan fingerprint density at radius 2 is 1.82 bits per heavy atom. The fourth-order valence-corrected chi connectivity index (χ4v) is 2.91. The zero-order valence-electron chi connectivity index (χ0n) is 10.8. The van der Waals surface area contributed by atoms with Crippen molar-refractivity contribution in [2.75, 3.05) is 19.8 Å². The van der Waals surface area contributed by atoms with Crippen LogP contribution in [0.3, 0.4) is 0 Å². The standard InChI is InChI=1S/C14H26O3/c15-14(12-6-2-1-3-7-12)11-16-10-13-8-4-5-9-17-13/h12-15H,1-11H2. The van der Waals surface area contributed by atoms with Gasteiger partial charge in [0.05, 0.1) is 25.4 Å². The molecule has 0 aromatic heterocycles. The van der Waals surface area contributed by atoms with Crippen molar-refractivity contribution in [2.45, 2.75) is 63.6 Å². The van der Waals surface area contributed by atoms with Gasteiger partial charge in [-0.3, -0.25) is 0 Å². The lowest BCUT2D eigenvalue weighted by Gasteiger charge is -2.27. The van der Waals surface area contributed by atoms with E-state index >= 15 is 0 Å². The number of hydrogen-bond acceptors (Lipinski definition) is 3. The molecule has 1 saturated carbocycles. The Bertz CT molecular complexity index is 196. The van der Waals surface area contributed by atoms with Crippen molar-refractivity contribution in [3.05, 3.63) is 0 Å². The first-order valence-corrected chi connectivity index (χ1v) is 7.23. The van der Waals surface area contributed by atoms with Gasteiger partial charge in [0.25, 0.3) is 0 Å². The highest BCUT2D eigenvalue weighted by Gasteiger charge is 2.22. The van der Waals surface area contributed by atoms with Crippen molar-refractivity contribution in [1.82, 2.24) is 0 Å². The van der Waals surface area contributed by atoms with Crippen LogP contribution in [0, 0.1) is 5.92 Å². The maximum absolute atomic E-state index is 10.0. The van der Waals surface area contributed by atoms with Gasteiger partial charge < -0.3 is 14.6 Å². The van der Waals surface area contributed by atoms with Crippen molar-refractivity contribution in [3.63, 3.8) is 0 Å². The molecular formula is C14H26O3. The van der Waals surface area contributed by atoms with E-state index in [1.807, 2.05) is 0 Å². The Morgan fingerprint density at radius 3 is 2.53 bits per heavy atom. The predicted octanol–water partition coefficient (Wildman–Crippen LogP) is 2.51. The molecule has 3 nitrogen and oxygen atoms in total. The van der Waals surface area contributed by atoms with E-state index in [2.05, 4.69) is 0 Å². The Hall–Kier alpha value is -0.120. The highest BCUT2D eigenvalue weighted by molar-refractivity contribution is 4.73. The van der Waals surface area contributed by atoms with Crippen molar-refractivity contribution in [1.29, 1.82) is 0 Å². The molecule has 2 aliphatic rings. The first kappa shape index (κ1) is 13.3. The van der Waals surface area contributed by atoms with E-state index in [1.54, 1.807) is 0 Å². The molecule has 0 radical (unpaired) electrons. The molecule has 2 atom stereocenters. The number of rotatable bonds is 5. The van der Waals surface area contributed by atoms with Gasteiger partial charge in [0.15, 0.2) is 0 Å². The lowest BCUT2D eigenvalue weighted by atomic mass is 9.85. The summed E-state index contributed by atoms with van der Waals surface area (Å²) < 4.78 is 11.2. The summed E-state index contributed by atoms with van der Waals surface area (Å²) in [5.74, 6) is 0.469. The number of ether oxygens (including phenoxy) is 2. The second kappa shape index (κ2) is 7.34. The van der Waals surface area contributed by atoms with Crippen LogP contribution in [-0.4, -0.2) is 37.1 Å². The molecule has 2 unspecified atom stereocenters. The predicted molar refractivity (Wildman–Crippen MR) is 67.0 cm³/mol. The summed E-state index contributed by atoms with van der Waals surface area (Å²) in [5, 5.41) is 10.0. The summed E-state index contributed by atoms with van der Waals surface area (Å²) in [4.78, 5) is 0. The van der Waals surface area contributed by atoms with Gasteiger partial charge in [0.1, 0.15) is 0 Å². The van der Waals surface area contributed by atoms with Crippen LogP contribution in [0.2, 0.25) is 0 Å². The van der Waals surface area contributed by atoms with Gasteiger partial charge in [-0.05, 0) is 38.0 Å². The van der Waals surface area contributed by atoms with Gasteiger partial charge in [-0.2, -0.15) is 0 Å². The molecule has 2 rings (SSSR count). The molecule has 0 aromatic rings. The van der Waals surface area contributed by atoms with E-state index in [1.165, 1.54) is 44.9 Å². The first-order chi connectivity index (χ1) is 8.36. The summed E-state index contributed by atoms with van der Waals surface area (Å²) in [7, 11) is 0. The fraction of sp³-hybridized carbons (Fsp3) is 1.00. The topological polar surface area (TPSA) is 38.7 Å². The van der Waals surface area contributed by atoms with E-state index in [0.717, 1.165) is 13.0 Å². The van der Waals surface area contributed by atoms with Gasteiger partial charge in [-0.15, -0.1) is 0 Å². The smallest absolute Gasteiger partial charge is 0.0808 e. The van der Waals surface area contributed by atoms with E-state index in [0.29, 0.717) is 19.1 Å². The monoisotopic (exact) mass is 242 g/mol. The van der Waals surface area contributed by atoms with Gasteiger partial charge in [0.2, 0.25) is 0 Å². The second-order valence-corrected chi connectivity index (χ2v) is 5.49. The third-order valence-electron chi connectivity index (χ3n) is 4.06. The minimum absolute atomic E-state index is 0.265. The van der Waals surface area contributed by atoms with Gasteiger partial charge in [0, 0.05) is 6.61 Å². The van der Waals surface area contributed by atoms with Crippen molar-refractivity contribution in [2.24, 2.45) is 5.92 Å². The van der Waals surface area contributed by atoms with E-state index in [-0.39, 0.29) is 12.2 Å². The first-order valence-electron chi connectivity index (χ1n) is 7.23. The minimum Gasteiger partial charge on any atom is -0.390 e. The molecular weight excluding hydrogens is 216 g/mol. The molecule has 17 heavy (non-hydrogen) atoms. The lowest BCUT2D eigenvalue weighted by molar-refractivity contribution is -0.0674. The van der Waals surface area contributed by atoms with E-state index in [4.69, 9.17) is 9.47 Å². The maximum Gasteiger partial charge on any atom is 0.0808 e. The van der Waals surface area contributed by atoms with Crippen LogP contribution in [0.15, 0.2) is 0 Å². The third kappa shape index (κ3) is 4.57. The lowest BCUT2D eigenvalue weighted by Crippen LogP contribution is -2.31. The quantitative estimate of drug-likeness (QED) is 0.805. The zero-order valence-corrected chi connectivity index (χ0v) is 10.8. The van der Waals surface area contributed by atoms with Crippen LogP contribution in [0.1, 0.15) is 51.4 Å². The van der Waals surface area contributed by atoms with E-state index in [9.17, 15) is 5.11 Å². The Kier molecular flexibility index (Phi) is 5.75. The van der Waals surface area contributed by atoms with Crippen molar-refractivity contribution >= 4 is 0 Å². The summed E-state index contributed by atoms with van der Waals surface area (Å²) in [6.07, 6.45) is 9.76. The van der Waals surface area contributed by atoms with Gasteiger partial charge in [-0.25, -0.2) is 0 Å². The Labute approximate surface area is 104 Å². The van der Waals surface area contributed by atoms with Crippen LogP contribution in [0.4, 0.5) is 0 Å². The van der Waals surface area contributed by atoms with Crippen molar-refractivity contribution < 1.29 is 14.6 Å². The largest absolute Gasteiger partial charge is 0.390 e. The van der Waals surface area contributed by atoms with Crippen LogP contribution < -0.4 is 0 Å². The molecule has 0 spiro atoms. The molecule has 1 N–H and O–H groups in total. The molecule has 100 valence electrons. The molecule has 1 heterocycles. The van der Waals surface area contributed by atoms with Gasteiger partial charge >= 0.3 is 0 Å². The second-order valence-electron chi connectivity index (χ2n) is 5.49. The Morgan fingerprint density at radius 1 is 1.06 bits per heavy atom. The molecule has 0 bridgehead atoms. The SMILES string of the molecule is OC(COCC1CCCCO1)C1CCCCC1.